The van der Waals surface area contributed by atoms with Crippen molar-refractivity contribution in [2.45, 2.75) is 12.7 Å². The van der Waals surface area contributed by atoms with Crippen molar-refractivity contribution in [3.05, 3.63) is 79.4 Å². The molecule has 4 heteroatoms. The predicted octanol–water partition coefficient (Wildman–Crippen LogP) is -0.0320. The summed E-state index contributed by atoms with van der Waals surface area (Å²) in [5, 5.41) is 2.84. The van der Waals surface area contributed by atoms with Crippen molar-refractivity contribution in [1.29, 1.82) is 0 Å². The number of halogens is 1. The minimum absolute atomic E-state index is 0. The van der Waals surface area contributed by atoms with Crippen molar-refractivity contribution in [3.8, 4) is 0 Å². The molecule has 2 aromatic carbocycles. The van der Waals surface area contributed by atoms with Crippen LogP contribution in [0.3, 0.4) is 0 Å². The third-order valence-corrected chi connectivity index (χ3v) is 6.39. The van der Waals surface area contributed by atoms with Crippen molar-refractivity contribution >= 4 is 18.5 Å². The number of nitrogens with zero attached hydrogens (tertiary/aromatic N) is 2. The van der Waals surface area contributed by atoms with Crippen LogP contribution in [0.4, 0.5) is 0 Å². The van der Waals surface area contributed by atoms with Gasteiger partial charge in [-0.15, -0.1) is 0 Å². The van der Waals surface area contributed by atoms with Crippen LogP contribution in [0.5, 0.6) is 0 Å². The Kier molecular flexibility index (Phi) is 5.93. The molecule has 3 aromatic rings. The summed E-state index contributed by atoms with van der Waals surface area (Å²) in [6.45, 7) is 2.31. The molecule has 0 amide bonds. The third-order valence-electron chi connectivity index (χ3n) is 3.66. The van der Waals surface area contributed by atoms with Gasteiger partial charge in [0.25, 0.3) is 0 Å². The summed E-state index contributed by atoms with van der Waals surface area (Å²) in [6, 6.07) is 21.7. The first-order valence-corrected chi connectivity index (χ1v) is 8.59. The molecule has 0 saturated carbocycles. The molecule has 22 heavy (non-hydrogen) atoms. The van der Waals surface area contributed by atoms with Crippen molar-refractivity contribution in [2.75, 3.05) is 0 Å². The first-order valence-electron chi connectivity index (χ1n) is 7.18. The Hall–Kier alpha value is -1.44. The molecule has 0 radical (unpaired) electrons. The quantitative estimate of drug-likeness (QED) is 0.448. The van der Waals surface area contributed by atoms with E-state index in [1.165, 1.54) is 10.6 Å². The first kappa shape index (κ1) is 16.9. The van der Waals surface area contributed by atoms with Crippen LogP contribution in [0.2, 0.25) is 0 Å². The number of aryl methyl sites for hydroxylation is 1. The standard InChI is InChI=1S/C18H20N2P.BrH/c1-16(20-14-13-19(2)15-20)21(17-9-5-3-6-10-17)18-11-7-4-8-12-18;/h3-16H,1-2H3;1H/q+1;/p-1. The number of hydrogen-bond acceptors (Lipinski definition) is 0. The zero-order chi connectivity index (χ0) is 14.7. The van der Waals surface area contributed by atoms with Crippen LogP contribution in [-0.2, 0) is 7.05 Å². The second kappa shape index (κ2) is 7.71. The van der Waals surface area contributed by atoms with Crippen LogP contribution in [-0.4, -0.2) is 4.57 Å². The van der Waals surface area contributed by atoms with Crippen LogP contribution >= 0.6 is 7.92 Å². The Bertz CT molecular complexity index is 658. The third kappa shape index (κ3) is 3.66. The zero-order valence-corrected chi connectivity index (χ0v) is 15.3. The van der Waals surface area contributed by atoms with Gasteiger partial charge in [0, 0.05) is 7.92 Å². The second-order valence-corrected chi connectivity index (χ2v) is 7.72. The molecule has 114 valence electrons. The normalized spacial score (nSPS) is 12.0. The Morgan fingerprint density at radius 3 is 1.82 bits per heavy atom. The fraction of sp³-hybridized carbons (Fsp3) is 0.167. The van der Waals surface area contributed by atoms with Gasteiger partial charge in [-0.3, -0.25) is 0 Å². The van der Waals surface area contributed by atoms with Crippen LogP contribution in [0.25, 0.3) is 0 Å². The van der Waals surface area contributed by atoms with Crippen molar-refractivity contribution in [3.63, 3.8) is 0 Å². The van der Waals surface area contributed by atoms with Gasteiger partial charge in [-0.2, -0.15) is 0 Å². The van der Waals surface area contributed by atoms with Gasteiger partial charge in [-0.25, -0.2) is 9.13 Å². The van der Waals surface area contributed by atoms with Crippen LogP contribution in [0, 0.1) is 0 Å². The predicted molar refractivity (Wildman–Crippen MR) is 89.4 cm³/mol. The Labute approximate surface area is 144 Å². The van der Waals surface area contributed by atoms with Crippen molar-refractivity contribution in [1.82, 2.24) is 4.57 Å². The summed E-state index contributed by atoms with van der Waals surface area (Å²) in [5.41, 5.74) is 0. The molecule has 3 rings (SSSR count). The molecule has 2 nitrogen and oxygen atoms in total. The molecule has 1 unspecified atom stereocenters. The number of aromatic nitrogens is 2. The number of imidazole rings is 1. The molecule has 0 spiro atoms. The molecule has 1 aromatic heterocycles. The minimum Gasteiger partial charge on any atom is -1.00 e. The van der Waals surface area contributed by atoms with Crippen LogP contribution in [0.1, 0.15) is 12.7 Å². The van der Waals surface area contributed by atoms with Gasteiger partial charge in [-0.1, -0.05) is 60.7 Å². The van der Waals surface area contributed by atoms with Crippen molar-refractivity contribution < 1.29 is 21.5 Å². The molecule has 0 N–H and O–H groups in total. The SMILES string of the molecule is CC(n1cc[n+](C)c1)P(c1ccccc1)c1ccccc1.[Br-]. The maximum Gasteiger partial charge on any atom is 0.244 e. The summed E-state index contributed by atoms with van der Waals surface area (Å²) in [4.78, 5) is 0. The molecular formula is C18H20BrN2P. The van der Waals surface area contributed by atoms with E-state index in [0.29, 0.717) is 5.78 Å². The van der Waals surface area contributed by atoms with Gasteiger partial charge in [0.15, 0.2) is 0 Å². The summed E-state index contributed by atoms with van der Waals surface area (Å²) in [5.74, 6) is 0.422. The summed E-state index contributed by atoms with van der Waals surface area (Å²) >= 11 is 0. The molecule has 1 heterocycles. The van der Waals surface area contributed by atoms with E-state index in [2.05, 4.69) is 102 Å². The lowest BCUT2D eigenvalue weighted by molar-refractivity contribution is -0.671. The maximum atomic E-state index is 2.31. The molecular weight excluding hydrogens is 355 g/mol. The lowest BCUT2D eigenvalue weighted by Crippen LogP contribution is -3.00. The van der Waals surface area contributed by atoms with E-state index in [9.17, 15) is 0 Å². The highest BCUT2D eigenvalue weighted by molar-refractivity contribution is 7.73. The molecule has 0 bridgehead atoms. The van der Waals surface area contributed by atoms with Gasteiger partial charge in [-0.05, 0) is 17.5 Å². The average Bonchev–Trinajstić information content (AvgIpc) is 2.96. The Morgan fingerprint density at radius 1 is 0.909 bits per heavy atom. The largest absolute Gasteiger partial charge is 1.00 e. The van der Waals surface area contributed by atoms with Gasteiger partial charge in [0.05, 0.1) is 7.05 Å². The van der Waals surface area contributed by atoms with E-state index < -0.39 is 7.92 Å². The molecule has 0 aliphatic carbocycles. The van der Waals surface area contributed by atoms with Crippen LogP contribution in [0.15, 0.2) is 79.4 Å². The van der Waals surface area contributed by atoms with Gasteiger partial charge >= 0.3 is 0 Å². The minimum atomic E-state index is -0.425. The average molecular weight is 375 g/mol. The first-order chi connectivity index (χ1) is 10.3. The Morgan fingerprint density at radius 2 is 1.41 bits per heavy atom. The smallest absolute Gasteiger partial charge is 0.244 e. The summed E-state index contributed by atoms with van der Waals surface area (Å²) in [7, 11) is 1.64. The fourth-order valence-corrected chi connectivity index (χ4v) is 5.13. The highest BCUT2D eigenvalue weighted by Gasteiger charge is 2.25. The topological polar surface area (TPSA) is 8.81 Å². The van der Waals surface area contributed by atoms with E-state index in [1.54, 1.807) is 0 Å². The molecule has 0 aliphatic rings. The summed E-state index contributed by atoms with van der Waals surface area (Å²) in [6.07, 6.45) is 6.41. The highest BCUT2D eigenvalue weighted by atomic mass is 79.9. The number of rotatable bonds is 4. The van der Waals surface area contributed by atoms with Gasteiger partial charge < -0.3 is 17.0 Å². The fourth-order valence-electron chi connectivity index (χ4n) is 2.58. The maximum absolute atomic E-state index is 2.31. The monoisotopic (exact) mass is 374 g/mol. The molecule has 0 aliphatic heterocycles. The number of benzene rings is 2. The Balaban J connectivity index is 0.00000176. The second-order valence-electron chi connectivity index (χ2n) is 5.20. The van der Waals surface area contributed by atoms with E-state index in [4.69, 9.17) is 0 Å². The van der Waals surface area contributed by atoms with E-state index in [0.717, 1.165) is 0 Å². The highest BCUT2D eigenvalue weighted by Crippen LogP contribution is 2.45. The van der Waals surface area contributed by atoms with Gasteiger partial charge in [0.2, 0.25) is 6.33 Å². The lowest BCUT2D eigenvalue weighted by atomic mass is 10.4. The zero-order valence-electron chi connectivity index (χ0n) is 12.8. The summed E-state index contributed by atoms with van der Waals surface area (Å²) < 4.78 is 4.41. The van der Waals surface area contributed by atoms with E-state index in [1.807, 2.05) is 0 Å². The van der Waals surface area contributed by atoms with Crippen LogP contribution < -0.4 is 32.2 Å². The van der Waals surface area contributed by atoms with E-state index >= 15 is 0 Å². The molecule has 0 fully saturated rings. The van der Waals surface area contributed by atoms with E-state index in [-0.39, 0.29) is 17.0 Å². The number of hydrogen-bond donors (Lipinski definition) is 0. The lowest BCUT2D eigenvalue weighted by Gasteiger charge is -2.23. The molecule has 1 atom stereocenters. The van der Waals surface area contributed by atoms with Gasteiger partial charge in [0.1, 0.15) is 18.2 Å². The van der Waals surface area contributed by atoms with Crippen molar-refractivity contribution in [2.24, 2.45) is 7.05 Å². The molecule has 0 saturated heterocycles.